The average Bonchev–Trinajstić information content (AvgIpc) is 3.10. The highest BCUT2D eigenvalue weighted by molar-refractivity contribution is 6.21. The van der Waals surface area contributed by atoms with Crippen LogP contribution in [0, 0.1) is 10.1 Å². The monoisotopic (exact) mass is 539 g/mol. The van der Waals surface area contributed by atoms with E-state index in [0.29, 0.717) is 5.69 Å². The molecule has 0 atom stereocenters. The van der Waals surface area contributed by atoms with E-state index >= 15 is 0 Å². The number of alkyl carbamates (subject to hydrolysis) is 1. The van der Waals surface area contributed by atoms with E-state index in [1.165, 1.54) is 12.1 Å². The summed E-state index contributed by atoms with van der Waals surface area (Å²) < 4.78 is 5.07. The number of carbonyl (C=O) groups excluding carboxylic acids is 5. The zero-order chi connectivity index (χ0) is 28.7. The zero-order valence-corrected chi connectivity index (χ0v) is 21.7. The van der Waals surface area contributed by atoms with Crippen LogP contribution in [0.4, 0.5) is 16.2 Å². The van der Waals surface area contributed by atoms with Gasteiger partial charge in [-0.2, -0.15) is 0 Å². The highest BCUT2D eigenvalue weighted by atomic mass is 16.6. The first-order chi connectivity index (χ1) is 18.3. The molecule has 0 fully saturated rings. The minimum atomic E-state index is -0.696. The first-order valence-electron chi connectivity index (χ1n) is 12.1. The van der Waals surface area contributed by atoms with Crippen molar-refractivity contribution in [2.75, 3.05) is 18.4 Å². The summed E-state index contributed by atoms with van der Waals surface area (Å²) >= 11 is 0. The molecule has 3 N–H and O–H groups in total. The van der Waals surface area contributed by atoms with Gasteiger partial charge in [-0.05, 0) is 51.0 Å². The molecule has 2 aromatic carbocycles. The Morgan fingerprint density at radius 3 is 2.26 bits per heavy atom. The molecule has 1 heterocycles. The molecule has 0 spiro atoms. The molecule has 13 nitrogen and oxygen atoms in total. The van der Waals surface area contributed by atoms with E-state index in [9.17, 15) is 34.1 Å². The fraction of sp³-hybridized carbons (Fsp3) is 0.346. The Morgan fingerprint density at radius 2 is 1.62 bits per heavy atom. The van der Waals surface area contributed by atoms with Crippen LogP contribution in [0.25, 0.3) is 0 Å². The topological polar surface area (TPSA) is 177 Å². The number of rotatable bonds is 10. The van der Waals surface area contributed by atoms with E-state index in [1.54, 1.807) is 45.0 Å². The first kappa shape index (κ1) is 28.8. The van der Waals surface area contributed by atoms with Crippen molar-refractivity contribution in [3.63, 3.8) is 0 Å². The van der Waals surface area contributed by atoms with Crippen molar-refractivity contribution in [2.45, 2.75) is 45.8 Å². The third kappa shape index (κ3) is 8.09. The van der Waals surface area contributed by atoms with Gasteiger partial charge < -0.3 is 20.7 Å². The number of hydrogen-bond donors (Lipinski definition) is 3. The van der Waals surface area contributed by atoms with Crippen molar-refractivity contribution in [1.82, 2.24) is 15.5 Å². The average molecular weight is 540 g/mol. The Labute approximate surface area is 224 Å². The van der Waals surface area contributed by atoms with Crippen LogP contribution in [0.15, 0.2) is 42.5 Å². The fourth-order valence-corrected chi connectivity index (χ4v) is 3.66. The number of ether oxygens (including phenoxy) is 1. The van der Waals surface area contributed by atoms with Gasteiger partial charge in [-0.3, -0.25) is 34.2 Å². The molecule has 3 rings (SSSR count). The van der Waals surface area contributed by atoms with Crippen molar-refractivity contribution >= 4 is 41.1 Å². The molecule has 206 valence electrons. The maximum absolute atomic E-state index is 12.5. The minimum absolute atomic E-state index is 0.00471. The molecule has 0 saturated heterocycles. The van der Waals surface area contributed by atoms with Gasteiger partial charge >= 0.3 is 6.09 Å². The molecule has 0 aromatic heterocycles. The van der Waals surface area contributed by atoms with E-state index in [1.807, 2.05) is 0 Å². The van der Waals surface area contributed by atoms with Crippen LogP contribution < -0.4 is 16.0 Å². The van der Waals surface area contributed by atoms with Gasteiger partial charge in [-0.25, -0.2) is 4.79 Å². The summed E-state index contributed by atoms with van der Waals surface area (Å²) in [5.74, 6) is -1.88. The van der Waals surface area contributed by atoms with Crippen molar-refractivity contribution in [1.29, 1.82) is 0 Å². The second-order valence-corrected chi connectivity index (χ2v) is 9.73. The number of imide groups is 1. The molecule has 1 aliphatic heterocycles. The van der Waals surface area contributed by atoms with Crippen LogP contribution in [-0.2, 0) is 20.9 Å². The lowest BCUT2D eigenvalue weighted by molar-refractivity contribution is -0.384. The number of carbonyl (C=O) groups is 5. The maximum atomic E-state index is 12.5. The van der Waals surface area contributed by atoms with Crippen LogP contribution >= 0.6 is 0 Å². The molecule has 0 bridgehead atoms. The lowest BCUT2D eigenvalue weighted by Crippen LogP contribution is -2.37. The van der Waals surface area contributed by atoms with Crippen LogP contribution in [0.2, 0.25) is 0 Å². The number of fused-ring (bicyclic) bond motifs is 1. The Kier molecular flexibility index (Phi) is 8.96. The standard InChI is InChI=1S/C26H29N5O8/c1-26(2,3)39-25(36)28-15-22(33)29-17-8-6-16(7-9-17)14-27-21(32)5-4-12-30-23(34)19-11-10-18(31(37)38)13-20(19)24(30)35/h6-11,13H,4-5,12,14-15H2,1-3H3,(H,27,32)(H,28,36)(H,29,33). The number of amides is 5. The fourth-order valence-electron chi connectivity index (χ4n) is 3.66. The van der Waals surface area contributed by atoms with Crippen LogP contribution in [0.5, 0.6) is 0 Å². The van der Waals surface area contributed by atoms with Crippen molar-refractivity contribution in [3.8, 4) is 0 Å². The largest absolute Gasteiger partial charge is 0.444 e. The van der Waals surface area contributed by atoms with Crippen LogP contribution in [0.3, 0.4) is 0 Å². The highest BCUT2D eigenvalue weighted by Crippen LogP contribution is 2.27. The summed E-state index contributed by atoms with van der Waals surface area (Å²) in [5.41, 5.74) is 0.424. The van der Waals surface area contributed by atoms with Crippen molar-refractivity contribution in [2.24, 2.45) is 0 Å². The zero-order valence-electron chi connectivity index (χ0n) is 21.7. The van der Waals surface area contributed by atoms with Crippen molar-refractivity contribution < 1.29 is 33.6 Å². The van der Waals surface area contributed by atoms with Gasteiger partial charge in [0, 0.05) is 37.3 Å². The predicted molar refractivity (Wildman–Crippen MR) is 139 cm³/mol. The normalized spacial score (nSPS) is 12.5. The Balaban J connectivity index is 1.38. The molecular weight excluding hydrogens is 510 g/mol. The van der Waals surface area contributed by atoms with Gasteiger partial charge in [-0.15, -0.1) is 0 Å². The van der Waals surface area contributed by atoms with Gasteiger partial charge in [0.15, 0.2) is 0 Å². The molecule has 0 unspecified atom stereocenters. The van der Waals surface area contributed by atoms with E-state index in [2.05, 4.69) is 16.0 Å². The van der Waals surface area contributed by atoms with Gasteiger partial charge in [-0.1, -0.05) is 12.1 Å². The number of nitro benzene ring substituents is 1. The van der Waals surface area contributed by atoms with Gasteiger partial charge in [0.05, 0.1) is 16.1 Å². The Bertz CT molecular complexity index is 1300. The third-order valence-electron chi connectivity index (χ3n) is 5.47. The number of nitrogens with one attached hydrogen (secondary N) is 3. The summed E-state index contributed by atoms with van der Waals surface area (Å²) in [6.07, 6.45) is -0.410. The molecule has 2 aromatic rings. The molecule has 5 amide bonds. The van der Waals surface area contributed by atoms with E-state index in [4.69, 9.17) is 4.74 Å². The summed E-state index contributed by atoms with van der Waals surface area (Å²) in [6.45, 7) is 5.12. The molecular formula is C26H29N5O8. The van der Waals surface area contributed by atoms with Gasteiger partial charge in [0.1, 0.15) is 12.1 Å². The van der Waals surface area contributed by atoms with E-state index < -0.39 is 34.3 Å². The summed E-state index contributed by atoms with van der Waals surface area (Å²) in [6, 6.07) is 10.3. The SMILES string of the molecule is CC(C)(C)OC(=O)NCC(=O)Nc1ccc(CNC(=O)CCCN2C(=O)c3ccc([N+](=O)[O-])cc3C2=O)cc1. The first-order valence-corrected chi connectivity index (χ1v) is 12.1. The Hall–Kier alpha value is -4.81. The number of benzene rings is 2. The quantitative estimate of drug-likeness (QED) is 0.234. The summed E-state index contributed by atoms with van der Waals surface area (Å²) in [7, 11) is 0. The highest BCUT2D eigenvalue weighted by Gasteiger charge is 2.36. The molecule has 0 saturated carbocycles. The smallest absolute Gasteiger partial charge is 0.408 e. The number of anilines is 1. The predicted octanol–water partition coefficient (Wildman–Crippen LogP) is 2.75. The Morgan fingerprint density at radius 1 is 0.949 bits per heavy atom. The van der Waals surface area contributed by atoms with Crippen LogP contribution in [0.1, 0.15) is 59.9 Å². The van der Waals surface area contributed by atoms with E-state index in [-0.39, 0.29) is 55.2 Å². The maximum Gasteiger partial charge on any atom is 0.408 e. The number of nitrogens with zero attached hydrogens (tertiary/aromatic N) is 2. The van der Waals surface area contributed by atoms with E-state index in [0.717, 1.165) is 16.5 Å². The lowest BCUT2D eigenvalue weighted by Gasteiger charge is -2.19. The molecule has 0 radical (unpaired) electrons. The van der Waals surface area contributed by atoms with Gasteiger partial charge in [0.2, 0.25) is 11.8 Å². The number of non-ortho nitro benzene ring substituents is 1. The second-order valence-electron chi connectivity index (χ2n) is 9.73. The second kappa shape index (κ2) is 12.2. The number of nitro groups is 1. The van der Waals surface area contributed by atoms with Gasteiger partial charge in [0.25, 0.3) is 17.5 Å². The third-order valence-corrected chi connectivity index (χ3v) is 5.47. The molecule has 39 heavy (non-hydrogen) atoms. The lowest BCUT2D eigenvalue weighted by atomic mass is 10.1. The summed E-state index contributed by atoms with van der Waals surface area (Å²) in [4.78, 5) is 72.1. The van der Waals surface area contributed by atoms with Crippen LogP contribution in [-0.4, -0.2) is 58.2 Å². The van der Waals surface area contributed by atoms with Crippen molar-refractivity contribution in [3.05, 3.63) is 69.3 Å². The summed E-state index contributed by atoms with van der Waals surface area (Å²) in [5, 5.41) is 18.7. The minimum Gasteiger partial charge on any atom is -0.444 e. The molecule has 0 aliphatic carbocycles. The molecule has 1 aliphatic rings. The number of hydrogen-bond acceptors (Lipinski definition) is 8. The molecule has 13 heteroatoms.